The molecule has 0 saturated heterocycles. The number of hydrogen-bond acceptors (Lipinski definition) is 7. The molecular formula is C6H6BiO7. The maximum Gasteiger partial charge on any atom is 3.00 e. The molecule has 0 aliphatic heterocycles. The second kappa shape index (κ2) is 5.87. The first-order valence-electron chi connectivity index (χ1n) is 3.11. The molecule has 0 unspecified atom stereocenters. The van der Waals surface area contributed by atoms with Crippen LogP contribution >= 0.6 is 0 Å². The van der Waals surface area contributed by atoms with Crippen LogP contribution in [0.4, 0.5) is 0 Å². The van der Waals surface area contributed by atoms with Gasteiger partial charge in [0, 0.05) is 26.2 Å². The number of carboxylic acid groups (broad SMARTS) is 3. The summed E-state index contributed by atoms with van der Waals surface area (Å²) in [5, 5.41) is 38.9. The van der Waals surface area contributed by atoms with E-state index in [1.165, 1.54) is 0 Å². The van der Waals surface area contributed by atoms with E-state index in [0.29, 0.717) is 0 Å². The predicted molar refractivity (Wildman–Crippen MR) is 36.1 cm³/mol. The average molecular weight is 399 g/mol. The molecule has 3 radical (unpaired) electrons. The van der Waals surface area contributed by atoms with Gasteiger partial charge in [0.15, 0.2) is 0 Å². The fraction of sp³-hybridized carbons (Fsp3) is 0.500. The fourth-order valence-electron chi connectivity index (χ4n) is 0.684. The second-order valence-corrected chi connectivity index (χ2v) is 2.42. The first-order valence-corrected chi connectivity index (χ1v) is 3.11. The van der Waals surface area contributed by atoms with Crippen molar-refractivity contribution in [2.24, 2.45) is 0 Å². The number of carbonyl (C=O) groups excluding carboxylic acids is 3. The van der Waals surface area contributed by atoms with Gasteiger partial charge in [0.25, 0.3) is 0 Å². The van der Waals surface area contributed by atoms with Gasteiger partial charge in [-0.3, -0.25) is 0 Å². The maximum atomic E-state index is 10.1. The van der Waals surface area contributed by atoms with E-state index in [2.05, 4.69) is 0 Å². The largest absolute Gasteiger partial charge is 3.00 e. The van der Waals surface area contributed by atoms with Crippen molar-refractivity contribution in [2.75, 3.05) is 0 Å². The summed E-state index contributed by atoms with van der Waals surface area (Å²) >= 11 is 0. The van der Waals surface area contributed by atoms with Crippen molar-refractivity contribution in [3.63, 3.8) is 0 Å². The molecule has 0 aromatic rings. The van der Waals surface area contributed by atoms with Crippen LogP contribution in [0.3, 0.4) is 0 Å². The Bertz CT molecular complexity index is 238. The number of carbonyl (C=O) groups is 3. The summed E-state index contributed by atoms with van der Waals surface area (Å²) in [6.07, 6.45) is -2.72. The SMILES string of the molecule is O=C([O-])CC(O)(CC(=O)[O-])C(=O)[O-].[Bi+3].[H]. The Hall–Kier alpha value is -0.747. The minimum Gasteiger partial charge on any atom is -0.550 e. The Morgan fingerprint density at radius 1 is 1.07 bits per heavy atom. The molecule has 8 heteroatoms. The zero-order valence-corrected chi connectivity index (χ0v) is 10.2. The Labute approximate surface area is 99.0 Å². The molecule has 0 amide bonds. The van der Waals surface area contributed by atoms with Crippen LogP contribution in [0.1, 0.15) is 14.3 Å². The molecule has 0 rings (SSSR count). The number of carboxylic acids is 3. The molecule has 77 valence electrons. The van der Waals surface area contributed by atoms with Crippen molar-refractivity contribution in [1.29, 1.82) is 0 Å². The first-order chi connectivity index (χ1) is 5.78. The van der Waals surface area contributed by atoms with Gasteiger partial charge in [-0.25, -0.2) is 0 Å². The number of aliphatic hydroxyl groups is 1. The zero-order valence-electron chi connectivity index (χ0n) is 7.76. The molecule has 0 aromatic carbocycles. The summed E-state index contributed by atoms with van der Waals surface area (Å²) in [6.45, 7) is 0. The molecule has 0 aromatic heterocycles. The van der Waals surface area contributed by atoms with Crippen LogP contribution in [0.5, 0.6) is 0 Å². The Morgan fingerprint density at radius 3 is 1.50 bits per heavy atom. The molecule has 14 heavy (non-hydrogen) atoms. The van der Waals surface area contributed by atoms with Crippen molar-refractivity contribution in [2.45, 2.75) is 18.4 Å². The van der Waals surface area contributed by atoms with Gasteiger partial charge in [0.05, 0.1) is 5.97 Å². The standard InChI is InChI=1S/C6H8O7.Bi.H/c7-3(8)1-6(13,5(11)12)2-4(9)10;;/h13H,1-2H2,(H,7,8)(H,9,10)(H,11,12);;/q;+3;/p-3. The zero-order chi connectivity index (χ0) is 10.6. The van der Waals surface area contributed by atoms with E-state index >= 15 is 0 Å². The van der Waals surface area contributed by atoms with E-state index in [0.717, 1.165) is 0 Å². The van der Waals surface area contributed by atoms with Crippen molar-refractivity contribution < 1.29 is 36.2 Å². The summed E-state index contributed by atoms with van der Waals surface area (Å²) in [6, 6.07) is 0. The van der Waals surface area contributed by atoms with Crippen LogP contribution < -0.4 is 15.3 Å². The van der Waals surface area contributed by atoms with Gasteiger partial charge in [-0.05, 0) is 0 Å². The summed E-state index contributed by atoms with van der Waals surface area (Å²) in [7, 11) is 0. The molecule has 7 nitrogen and oxygen atoms in total. The normalized spacial score (nSPS) is 10.1. The second-order valence-electron chi connectivity index (χ2n) is 2.42. The Balaban J connectivity index is -0.000000720. The van der Waals surface area contributed by atoms with Crippen LogP contribution in [0.2, 0.25) is 0 Å². The van der Waals surface area contributed by atoms with Gasteiger partial charge >= 0.3 is 26.2 Å². The molecule has 0 spiro atoms. The third-order valence-electron chi connectivity index (χ3n) is 1.25. The van der Waals surface area contributed by atoms with E-state index in [-0.39, 0.29) is 27.6 Å². The third kappa shape index (κ3) is 5.08. The van der Waals surface area contributed by atoms with Gasteiger partial charge in [-0.15, -0.1) is 0 Å². The topological polar surface area (TPSA) is 141 Å². The summed E-state index contributed by atoms with van der Waals surface area (Å²) < 4.78 is 0. The van der Waals surface area contributed by atoms with Gasteiger partial charge in [-0.1, -0.05) is 0 Å². The number of rotatable bonds is 5. The van der Waals surface area contributed by atoms with E-state index < -0.39 is 36.4 Å². The molecule has 0 atom stereocenters. The molecule has 0 heterocycles. The summed E-state index contributed by atoms with van der Waals surface area (Å²) in [4.78, 5) is 30.0. The van der Waals surface area contributed by atoms with E-state index in [9.17, 15) is 29.7 Å². The molecule has 0 saturated carbocycles. The van der Waals surface area contributed by atoms with Crippen LogP contribution in [0.15, 0.2) is 0 Å². The van der Waals surface area contributed by atoms with Crippen molar-refractivity contribution in [3.05, 3.63) is 0 Å². The van der Waals surface area contributed by atoms with Crippen LogP contribution in [-0.4, -0.2) is 54.8 Å². The number of hydrogen-bond donors (Lipinski definition) is 1. The summed E-state index contributed by atoms with van der Waals surface area (Å²) in [5.41, 5.74) is -2.97. The van der Waals surface area contributed by atoms with Crippen molar-refractivity contribution in [1.82, 2.24) is 0 Å². The quantitative estimate of drug-likeness (QED) is 0.455. The smallest absolute Gasteiger partial charge is 0.550 e. The predicted octanol–water partition coefficient (Wildman–Crippen LogP) is -5.52. The van der Waals surface area contributed by atoms with Gasteiger partial charge in [0.1, 0.15) is 5.60 Å². The average Bonchev–Trinajstić information content (AvgIpc) is 1.82. The number of aliphatic carboxylic acids is 3. The third-order valence-corrected chi connectivity index (χ3v) is 1.25. The molecule has 0 aliphatic rings. The maximum absolute atomic E-state index is 10.1. The molecule has 0 bridgehead atoms. The molecule has 0 aliphatic carbocycles. The molecule has 1 N–H and O–H groups in total. The van der Waals surface area contributed by atoms with Crippen LogP contribution in [0, 0.1) is 0 Å². The van der Waals surface area contributed by atoms with Crippen molar-refractivity contribution in [3.8, 4) is 0 Å². The molecule has 0 fully saturated rings. The van der Waals surface area contributed by atoms with Crippen molar-refractivity contribution >= 4 is 44.1 Å². The first kappa shape index (κ1) is 15.7. The van der Waals surface area contributed by atoms with Crippen LogP contribution in [0.25, 0.3) is 0 Å². The van der Waals surface area contributed by atoms with Gasteiger partial charge in [-0.2, -0.15) is 0 Å². The van der Waals surface area contributed by atoms with Gasteiger partial charge in [0.2, 0.25) is 0 Å². The van der Waals surface area contributed by atoms with Crippen LogP contribution in [-0.2, 0) is 14.4 Å². The van der Waals surface area contributed by atoms with E-state index in [4.69, 9.17) is 5.11 Å². The minimum atomic E-state index is -2.97. The van der Waals surface area contributed by atoms with Gasteiger partial charge < -0.3 is 34.8 Å². The van der Waals surface area contributed by atoms with E-state index in [1.54, 1.807) is 0 Å². The molecular weight excluding hydrogens is 393 g/mol. The monoisotopic (exact) mass is 399 g/mol. The van der Waals surface area contributed by atoms with E-state index in [1.807, 2.05) is 0 Å². The minimum absolute atomic E-state index is 0. The fourth-order valence-corrected chi connectivity index (χ4v) is 0.684. The summed E-state index contributed by atoms with van der Waals surface area (Å²) in [5.74, 6) is -5.98. The Kier molecular flexibility index (Phi) is 6.59. The Morgan fingerprint density at radius 2 is 1.36 bits per heavy atom.